The van der Waals surface area contributed by atoms with Crippen LogP contribution in [0.5, 0.6) is 0 Å². The highest BCUT2D eigenvalue weighted by Gasteiger charge is 2.48. The predicted octanol–water partition coefficient (Wildman–Crippen LogP) is -0.693. The van der Waals surface area contributed by atoms with Crippen LogP contribution in [-0.4, -0.2) is 33.7 Å². The van der Waals surface area contributed by atoms with Gasteiger partial charge in [0.05, 0.1) is 0 Å². The van der Waals surface area contributed by atoms with Crippen molar-refractivity contribution in [1.29, 1.82) is 0 Å². The van der Waals surface area contributed by atoms with Crippen molar-refractivity contribution in [2.24, 2.45) is 17.7 Å². The summed E-state index contributed by atoms with van der Waals surface area (Å²) in [5, 5.41) is 0. The molecule has 6 N–H and O–H groups in total. The number of amides is 1. The molecule has 0 saturated heterocycles. The van der Waals surface area contributed by atoms with Crippen LogP contribution in [-0.2, 0) is 14.4 Å². The zero-order valence-electron chi connectivity index (χ0n) is 11.9. The number of H-pyrrole nitrogens is 1. The van der Waals surface area contributed by atoms with Gasteiger partial charge in [0.15, 0.2) is 0 Å². The number of fused-ring (bicyclic) bond motifs is 1. The molecule has 1 amide bonds. The van der Waals surface area contributed by atoms with Gasteiger partial charge < -0.3 is 10.5 Å². The van der Waals surface area contributed by atoms with Crippen LogP contribution in [0.15, 0.2) is 18.3 Å². The third kappa shape index (κ3) is 3.46. The number of carbonyl (C=O) groups is 4. The molecule has 2 unspecified atom stereocenters. The van der Waals surface area contributed by atoms with E-state index in [0.29, 0.717) is 5.69 Å². The van der Waals surface area contributed by atoms with Gasteiger partial charge in [-0.25, -0.2) is 5.84 Å². The molecule has 8 nitrogen and oxygen atoms in total. The molecule has 1 aromatic rings. The van der Waals surface area contributed by atoms with Gasteiger partial charge in [-0.05, 0) is 25.0 Å². The Hall–Kier alpha value is -2.32. The molecule has 8 heteroatoms. The van der Waals surface area contributed by atoms with E-state index >= 15 is 0 Å². The van der Waals surface area contributed by atoms with E-state index in [9.17, 15) is 19.2 Å². The molecular formula is C14H19N3O5. The molecule has 1 heterocycles. The SMILES string of the molecule is NNC(=O)c1ccc[nH]1.O.O=C1C(=O)C2CCCCC2C1=O. The lowest BCUT2D eigenvalue weighted by Crippen LogP contribution is -2.30. The molecule has 2 saturated carbocycles. The number of nitrogen functional groups attached to an aromatic ring is 1. The minimum absolute atomic E-state index is 0. The van der Waals surface area contributed by atoms with Crippen LogP contribution < -0.4 is 11.3 Å². The number of aromatic nitrogens is 1. The third-order valence-electron chi connectivity index (χ3n) is 3.86. The number of rotatable bonds is 1. The molecule has 3 rings (SSSR count). The Bertz CT molecular complexity index is 541. The van der Waals surface area contributed by atoms with E-state index in [1.165, 1.54) is 0 Å². The first kappa shape index (κ1) is 17.7. The maximum Gasteiger partial charge on any atom is 0.281 e. The highest BCUT2D eigenvalue weighted by atomic mass is 16.2. The van der Waals surface area contributed by atoms with Crippen molar-refractivity contribution >= 4 is 23.3 Å². The summed E-state index contributed by atoms with van der Waals surface area (Å²) < 4.78 is 0. The topological polar surface area (TPSA) is 154 Å². The van der Waals surface area contributed by atoms with Crippen molar-refractivity contribution in [3.63, 3.8) is 0 Å². The van der Waals surface area contributed by atoms with Gasteiger partial charge in [-0.2, -0.15) is 0 Å². The van der Waals surface area contributed by atoms with E-state index in [1.54, 1.807) is 18.3 Å². The normalized spacial score (nSPS) is 23.0. The van der Waals surface area contributed by atoms with Gasteiger partial charge in [-0.3, -0.25) is 24.6 Å². The Labute approximate surface area is 126 Å². The van der Waals surface area contributed by atoms with Crippen molar-refractivity contribution in [2.45, 2.75) is 25.7 Å². The first-order chi connectivity index (χ1) is 10.1. The van der Waals surface area contributed by atoms with E-state index < -0.39 is 17.3 Å². The standard InChI is InChI=1S/C9H10O3.C5H7N3O.H2O/c10-7-5-3-1-2-4-6(5)8(11)9(7)12;6-8-5(9)4-2-1-3-7-4;/h5-6H,1-4H2;1-3,7H,6H2,(H,8,9);1H2. The lowest BCUT2D eigenvalue weighted by atomic mass is 9.81. The molecule has 22 heavy (non-hydrogen) atoms. The summed E-state index contributed by atoms with van der Waals surface area (Å²) in [6.07, 6.45) is 5.09. The highest BCUT2D eigenvalue weighted by Crippen LogP contribution is 2.36. The molecule has 1 aromatic heterocycles. The number of hydrazine groups is 1. The molecule has 2 atom stereocenters. The average Bonchev–Trinajstić information content (AvgIpc) is 3.13. The molecule has 0 spiro atoms. The van der Waals surface area contributed by atoms with Crippen LogP contribution >= 0.6 is 0 Å². The number of hydrogen-bond acceptors (Lipinski definition) is 5. The molecule has 2 aliphatic carbocycles. The number of ketones is 3. The second kappa shape index (κ2) is 7.62. The average molecular weight is 309 g/mol. The molecule has 0 aromatic carbocycles. The Morgan fingerprint density at radius 3 is 2.09 bits per heavy atom. The highest BCUT2D eigenvalue weighted by molar-refractivity contribution is 6.68. The number of aromatic amines is 1. The smallest absolute Gasteiger partial charge is 0.281 e. The van der Waals surface area contributed by atoms with Crippen molar-refractivity contribution < 1.29 is 24.7 Å². The lowest BCUT2D eigenvalue weighted by Gasteiger charge is -2.20. The molecule has 120 valence electrons. The summed E-state index contributed by atoms with van der Waals surface area (Å²) in [6, 6.07) is 3.37. The Kier molecular flexibility index (Phi) is 6.14. The quantitative estimate of drug-likeness (QED) is 0.271. The lowest BCUT2D eigenvalue weighted by molar-refractivity contribution is -0.141. The molecule has 2 aliphatic rings. The number of hydrogen-bond donors (Lipinski definition) is 3. The summed E-state index contributed by atoms with van der Waals surface area (Å²) >= 11 is 0. The van der Waals surface area contributed by atoms with Crippen molar-refractivity contribution in [1.82, 2.24) is 10.4 Å². The van der Waals surface area contributed by atoms with Gasteiger partial charge in [-0.1, -0.05) is 12.8 Å². The van der Waals surface area contributed by atoms with Crippen molar-refractivity contribution in [2.75, 3.05) is 0 Å². The third-order valence-corrected chi connectivity index (χ3v) is 3.86. The zero-order valence-corrected chi connectivity index (χ0v) is 11.9. The van der Waals surface area contributed by atoms with Crippen LogP contribution in [0.3, 0.4) is 0 Å². The van der Waals surface area contributed by atoms with Gasteiger partial charge in [0, 0.05) is 18.0 Å². The summed E-state index contributed by atoms with van der Waals surface area (Å²) in [7, 11) is 0. The number of nitrogens with two attached hydrogens (primary N) is 1. The summed E-state index contributed by atoms with van der Waals surface area (Å²) in [5.41, 5.74) is 2.47. The minimum Gasteiger partial charge on any atom is -0.412 e. The maximum absolute atomic E-state index is 11.2. The van der Waals surface area contributed by atoms with E-state index in [1.807, 2.05) is 5.43 Å². The van der Waals surface area contributed by atoms with Gasteiger partial charge >= 0.3 is 0 Å². The van der Waals surface area contributed by atoms with Gasteiger partial charge in [-0.15, -0.1) is 0 Å². The van der Waals surface area contributed by atoms with Crippen LogP contribution in [0.1, 0.15) is 36.2 Å². The molecular weight excluding hydrogens is 290 g/mol. The van der Waals surface area contributed by atoms with Gasteiger partial charge in [0.25, 0.3) is 11.7 Å². The van der Waals surface area contributed by atoms with Crippen molar-refractivity contribution in [3.05, 3.63) is 24.0 Å². The van der Waals surface area contributed by atoms with Crippen molar-refractivity contribution in [3.8, 4) is 0 Å². The number of Topliss-reactive ketones (excluding diaryl/α,β-unsaturated/α-hetero) is 3. The minimum atomic E-state index is -0.744. The Balaban J connectivity index is 0.000000219. The van der Waals surface area contributed by atoms with E-state index in [4.69, 9.17) is 5.84 Å². The largest absolute Gasteiger partial charge is 0.412 e. The number of carbonyl (C=O) groups excluding carboxylic acids is 4. The molecule has 0 aliphatic heterocycles. The Morgan fingerprint density at radius 2 is 1.68 bits per heavy atom. The number of nitrogens with one attached hydrogen (secondary N) is 2. The summed E-state index contributed by atoms with van der Waals surface area (Å²) in [5.74, 6) is 2.44. The summed E-state index contributed by atoms with van der Waals surface area (Å²) in [4.78, 5) is 46.6. The first-order valence-corrected chi connectivity index (χ1v) is 6.83. The van der Waals surface area contributed by atoms with Gasteiger partial charge in [0.2, 0.25) is 11.6 Å². The second-order valence-electron chi connectivity index (χ2n) is 5.11. The fraction of sp³-hybridized carbons (Fsp3) is 0.429. The fourth-order valence-corrected chi connectivity index (χ4v) is 2.77. The van der Waals surface area contributed by atoms with Crippen LogP contribution in [0.4, 0.5) is 0 Å². The van der Waals surface area contributed by atoms with Gasteiger partial charge in [0.1, 0.15) is 5.69 Å². The zero-order chi connectivity index (χ0) is 15.4. The van der Waals surface area contributed by atoms with E-state index in [2.05, 4.69) is 4.98 Å². The summed E-state index contributed by atoms with van der Waals surface area (Å²) in [6.45, 7) is 0. The predicted molar refractivity (Wildman–Crippen MR) is 76.5 cm³/mol. The van der Waals surface area contributed by atoms with Crippen LogP contribution in [0.25, 0.3) is 0 Å². The van der Waals surface area contributed by atoms with E-state index in [-0.39, 0.29) is 23.2 Å². The van der Waals surface area contributed by atoms with Crippen LogP contribution in [0.2, 0.25) is 0 Å². The maximum atomic E-state index is 11.2. The first-order valence-electron chi connectivity index (χ1n) is 6.83. The monoisotopic (exact) mass is 309 g/mol. The Morgan fingerprint density at radius 1 is 1.14 bits per heavy atom. The molecule has 2 fully saturated rings. The molecule has 0 radical (unpaired) electrons. The fourth-order valence-electron chi connectivity index (χ4n) is 2.77. The second-order valence-corrected chi connectivity index (χ2v) is 5.11. The van der Waals surface area contributed by atoms with Crippen LogP contribution in [0, 0.1) is 11.8 Å². The molecule has 0 bridgehead atoms. The van der Waals surface area contributed by atoms with E-state index in [0.717, 1.165) is 25.7 Å².